The molecule has 2 rings (SSSR count). The molecule has 0 aliphatic heterocycles. The number of rotatable bonds is 6. The Bertz CT molecular complexity index is 484. The molecule has 4 nitrogen and oxygen atoms in total. The molecule has 0 unspecified atom stereocenters. The first kappa shape index (κ1) is 12.1. The molecule has 2 aromatic heterocycles. The van der Waals surface area contributed by atoms with E-state index in [9.17, 15) is 0 Å². The van der Waals surface area contributed by atoms with Crippen molar-refractivity contribution < 1.29 is 4.74 Å². The van der Waals surface area contributed by atoms with E-state index in [-0.39, 0.29) is 0 Å². The maximum absolute atomic E-state index is 5.66. The summed E-state index contributed by atoms with van der Waals surface area (Å²) < 4.78 is 5.66. The number of hydrogen-bond donors (Lipinski definition) is 1. The monoisotopic (exact) mass is 251 g/mol. The van der Waals surface area contributed by atoms with Crippen molar-refractivity contribution in [2.75, 3.05) is 18.5 Å². The highest BCUT2D eigenvalue weighted by Crippen LogP contribution is 2.28. The zero-order valence-corrected chi connectivity index (χ0v) is 11.0. The lowest BCUT2D eigenvalue weighted by Crippen LogP contribution is -2.06. The van der Waals surface area contributed by atoms with Crippen LogP contribution in [0, 0.1) is 0 Å². The van der Waals surface area contributed by atoms with Gasteiger partial charge in [0.1, 0.15) is 4.83 Å². The van der Waals surface area contributed by atoms with E-state index < -0.39 is 0 Å². The van der Waals surface area contributed by atoms with Crippen LogP contribution in [0.4, 0.5) is 5.95 Å². The maximum atomic E-state index is 5.66. The Labute approximate surface area is 105 Å². The molecule has 0 fully saturated rings. The normalized spacial score (nSPS) is 10.7. The van der Waals surface area contributed by atoms with Crippen LogP contribution in [-0.4, -0.2) is 23.1 Å². The molecule has 17 heavy (non-hydrogen) atoms. The first-order valence-electron chi connectivity index (χ1n) is 5.97. The summed E-state index contributed by atoms with van der Waals surface area (Å²) in [4.78, 5) is 9.84. The molecule has 0 aliphatic rings. The lowest BCUT2D eigenvalue weighted by atomic mass is 10.4. The van der Waals surface area contributed by atoms with E-state index in [2.05, 4.69) is 29.1 Å². The Hall–Kier alpha value is -1.36. The standard InChI is InChI=1S/C12H17N3OS/c1-3-6-13-12-14-10(16-7-4-2)9-5-8-17-11(9)15-12/h5,8H,3-4,6-7H2,1-2H3,(H,13,14,15). The molecule has 92 valence electrons. The van der Waals surface area contributed by atoms with E-state index in [1.165, 1.54) is 0 Å². The van der Waals surface area contributed by atoms with Gasteiger partial charge >= 0.3 is 0 Å². The Morgan fingerprint density at radius 2 is 2.18 bits per heavy atom. The molecule has 0 amide bonds. The summed E-state index contributed by atoms with van der Waals surface area (Å²) in [6.45, 7) is 5.77. The molecule has 0 bridgehead atoms. The fourth-order valence-electron chi connectivity index (χ4n) is 1.45. The predicted molar refractivity (Wildman–Crippen MR) is 72.0 cm³/mol. The van der Waals surface area contributed by atoms with Gasteiger partial charge in [0.05, 0.1) is 12.0 Å². The minimum absolute atomic E-state index is 0.660. The third-order valence-electron chi connectivity index (χ3n) is 2.27. The van der Waals surface area contributed by atoms with Gasteiger partial charge in [-0.1, -0.05) is 13.8 Å². The van der Waals surface area contributed by atoms with E-state index in [1.54, 1.807) is 11.3 Å². The summed E-state index contributed by atoms with van der Waals surface area (Å²) in [5.41, 5.74) is 0. The van der Waals surface area contributed by atoms with Crippen molar-refractivity contribution >= 4 is 27.5 Å². The molecular weight excluding hydrogens is 234 g/mol. The number of nitrogens with zero attached hydrogens (tertiary/aromatic N) is 2. The van der Waals surface area contributed by atoms with Crippen LogP contribution in [0.5, 0.6) is 5.88 Å². The van der Waals surface area contributed by atoms with Crippen LogP contribution in [-0.2, 0) is 0 Å². The highest BCUT2D eigenvalue weighted by molar-refractivity contribution is 7.16. The van der Waals surface area contributed by atoms with Crippen LogP contribution < -0.4 is 10.1 Å². The van der Waals surface area contributed by atoms with Gasteiger partial charge in [-0.05, 0) is 24.3 Å². The van der Waals surface area contributed by atoms with Crippen LogP contribution in [0.15, 0.2) is 11.4 Å². The van der Waals surface area contributed by atoms with Crippen LogP contribution in [0.1, 0.15) is 26.7 Å². The molecular formula is C12H17N3OS. The molecule has 0 atom stereocenters. The number of aromatic nitrogens is 2. The third-order valence-corrected chi connectivity index (χ3v) is 3.07. The minimum atomic E-state index is 0.660. The largest absolute Gasteiger partial charge is 0.477 e. The van der Waals surface area contributed by atoms with E-state index in [1.807, 2.05) is 11.4 Å². The summed E-state index contributed by atoms with van der Waals surface area (Å²) in [6.07, 6.45) is 2.03. The van der Waals surface area contributed by atoms with Gasteiger partial charge in [-0.2, -0.15) is 4.98 Å². The fourth-order valence-corrected chi connectivity index (χ4v) is 2.21. The van der Waals surface area contributed by atoms with Crippen molar-refractivity contribution in [3.05, 3.63) is 11.4 Å². The van der Waals surface area contributed by atoms with Crippen molar-refractivity contribution in [2.45, 2.75) is 26.7 Å². The fraction of sp³-hybridized carbons (Fsp3) is 0.500. The lowest BCUT2D eigenvalue weighted by molar-refractivity contribution is 0.309. The average molecular weight is 251 g/mol. The molecule has 0 saturated carbocycles. The lowest BCUT2D eigenvalue weighted by Gasteiger charge is -2.08. The van der Waals surface area contributed by atoms with Gasteiger partial charge in [0.2, 0.25) is 11.8 Å². The second-order valence-corrected chi connectivity index (χ2v) is 4.66. The van der Waals surface area contributed by atoms with Crippen molar-refractivity contribution in [3.63, 3.8) is 0 Å². The first-order valence-corrected chi connectivity index (χ1v) is 6.85. The summed E-state index contributed by atoms with van der Waals surface area (Å²) >= 11 is 1.61. The topological polar surface area (TPSA) is 47.0 Å². The first-order chi connectivity index (χ1) is 8.35. The highest BCUT2D eigenvalue weighted by atomic mass is 32.1. The zero-order chi connectivity index (χ0) is 12.1. The van der Waals surface area contributed by atoms with Crippen molar-refractivity contribution in [1.29, 1.82) is 0 Å². The third kappa shape index (κ3) is 2.85. The van der Waals surface area contributed by atoms with Crippen molar-refractivity contribution in [3.8, 4) is 5.88 Å². The van der Waals surface area contributed by atoms with Gasteiger partial charge in [-0.25, -0.2) is 4.98 Å². The Morgan fingerprint density at radius 1 is 1.29 bits per heavy atom. The van der Waals surface area contributed by atoms with Crippen LogP contribution in [0.2, 0.25) is 0 Å². The van der Waals surface area contributed by atoms with Gasteiger partial charge in [-0.15, -0.1) is 11.3 Å². The van der Waals surface area contributed by atoms with Crippen LogP contribution in [0.25, 0.3) is 10.2 Å². The quantitative estimate of drug-likeness (QED) is 0.855. The molecule has 0 aromatic carbocycles. The van der Waals surface area contributed by atoms with Gasteiger partial charge in [0, 0.05) is 6.54 Å². The number of ether oxygens (including phenoxy) is 1. The highest BCUT2D eigenvalue weighted by Gasteiger charge is 2.09. The summed E-state index contributed by atoms with van der Waals surface area (Å²) in [5, 5.41) is 6.22. The predicted octanol–water partition coefficient (Wildman–Crippen LogP) is 3.30. The number of nitrogens with one attached hydrogen (secondary N) is 1. The molecule has 0 spiro atoms. The van der Waals surface area contributed by atoms with E-state index in [0.717, 1.165) is 29.6 Å². The molecule has 2 heterocycles. The summed E-state index contributed by atoms with van der Waals surface area (Å²) in [7, 11) is 0. The second kappa shape index (κ2) is 5.82. The molecule has 1 N–H and O–H groups in total. The number of fused-ring (bicyclic) bond motifs is 1. The van der Waals surface area contributed by atoms with E-state index in [4.69, 9.17) is 4.74 Å². The van der Waals surface area contributed by atoms with Gasteiger partial charge in [-0.3, -0.25) is 0 Å². The van der Waals surface area contributed by atoms with Crippen LogP contribution in [0.3, 0.4) is 0 Å². The molecule has 0 radical (unpaired) electrons. The molecule has 0 aliphatic carbocycles. The second-order valence-electron chi connectivity index (χ2n) is 3.77. The van der Waals surface area contributed by atoms with Crippen molar-refractivity contribution in [2.24, 2.45) is 0 Å². The Morgan fingerprint density at radius 3 is 2.94 bits per heavy atom. The molecule has 0 saturated heterocycles. The maximum Gasteiger partial charge on any atom is 0.227 e. The Balaban J connectivity index is 2.29. The summed E-state index contributed by atoms with van der Waals surface area (Å²) in [6, 6.07) is 2.01. The number of anilines is 1. The SMILES string of the molecule is CCCNc1nc(OCCC)c2ccsc2n1. The van der Waals surface area contributed by atoms with E-state index in [0.29, 0.717) is 18.4 Å². The average Bonchev–Trinajstić information content (AvgIpc) is 2.81. The number of hydrogen-bond acceptors (Lipinski definition) is 5. The molecule has 5 heteroatoms. The zero-order valence-electron chi connectivity index (χ0n) is 10.2. The summed E-state index contributed by atoms with van der Waals surface area (Å²) in [5.74, 6) is 1.35. The van der Waals surface area contributed by atoms with Gasteiger partial charge < -0.3 is 10.1 Å². The van der Waals surface area contributed by atoms with E-state index >= 15 is 0 Å². The Kier molecular flexibility index (Phi) is 4.14. The van der Waals surface area contributed by atoms with Crippen molar-refractivity contribution in [1.82, 2.24) is 9.97 Å². The smallest absolute Gasteiger partial charge is 0.227 e. The molecule has 2 aromatic rings. The van der Waals surface area contributed by atoms with Gasteiger partial charge in [0.25, 0.3) is 0 Å². The van der Waals surface area contributed by atoms with Gasteiger partial charge in [0.15, 0.2) is 0 Å². The number of thiophene rings is 1. The van der Waals surface area contributed by atoms with Crippen LogP contribution >= 0.6 is 11.3 Å². The minimum Gasteiger partial charge on any atom is -0.477 e.